The lowest BCUT2D eigenvalue weighted by atomic mass is 9.97. The molecule has 1 heterocycles. The van der Waals surface area contributed by atoms with Gasteiger partial charge in [0, 0.05) is 6.54 Å². The minimum absolute atomic E-state index is 0.405. The fourth-order valence-electron chi connectivity index (χ4n) is 1.97. The van der Waals surface area contributed by atoms with Gasteiger partial charge in [0.25, 0.3) is 0 Å². The Bertz CT molecular complexity index is 494. The van der Waals surface area contributed by atoms with Crippen LogP contribution in [0.3, 0.4) is 0 Å². The lowest BCUT2D eigenvalue weighted by molar-refractivity contribution is 0.573. The number of sulfonamides is 1. The summed E-state index contributed by atoms with van der Waals surface area (Å²) in [5.41, 5.74) is 2.04. The highest BCUT2D eigenvalue weighted by atomic mass is 32.2. The Labute approximate surface area is 96.9 Å². The van der Waals surface area contributed by atoms with E-state index in [4.69, 9.17) is 0 Å². The molecule has 0 radical (unpaired) electrons. The van der Waals surface area contributed by atoms with Gasteiger partial charge in [0.05, 0.1) is 4.90 Å². The summed E-state index contributed by atoms with van der Waals surface area (Å²) in [6.07, 6.45) is 1.81. The Kier molecular flexibility index (Phi) is 3.04. The minimum atomic E-state index is -3.26. The molecule has 4 heteroatoms. The van der Waals surface area contributed by atoms with E-state index >= 15 is 0 Å². The monoisotopic (exact) mass is 239 g/mol. The SMILES string of the molecule is CCC(C)c1ccc2c(c1)S(=O)(=O)NCC2. The highest BCUT2D eigenvalue weighted by Gasteiger charge is 2.23. The van der Waals surface area contributed by atoms with Crippen LogP contribution < -0.4 is 4.72 Å². The Morgan fingerprint density at radius 1 is 1.44 bits per heavy atom. The summed E-state index contributed by atoms with van der Waals surface area (Å²) in [4.78, 5) is 0.469. The molecule has 1 N–H and O–H groups in total. The van der Waals surface area contributed by atoms with Gasteiger partial charge < -0.3 is 0 Å². The molecular formula is C12H17NO2S. The number of rotatable bonds is 2. The summed E-state index contributed by atoms with van der Waals surface area (Å²) in [5, 5.41) is 0. The number of benzene rings is 1. The van der Waals surface area contributed by atoms with E-state index in [-0.39, 0.29) is 0 Å². The largest absolute Gasteiger partial charge is 0.240 e. The van der Waals surface area contributed by atoms with Gasteiger partial charge in [-0.2, -0.15) is 0 Å². The first-order chi connectivity index (χ1) is 7.54. The Balaban J connectivity index is 2.52. The zero-order valence-electron chi connectivity index (χ0n) is 9.66. The summed E-state index contributed by atoms with van der Waals surface area (Å²) >= 11 is 0. The quantitative estimate of drug-likeness (QED) is 0.858. The lowest BCUT2D eigenvalue weighted by Gasteiger charge is -2.19. The van der Waals surface area contributed by atoms with Crippen LogP contribution in [0.2, 0.25) is 0 Å². The van der Waals surface area contributed by atoms with Gasteiger partial charge in [-0.05, 0) is 36.0 Å². The zero-order valence-corrected chi connectivity index (χ0v) is 10.5. The summed E-state index contributed by atoms with van der Waals surface area (Å²) < 4.78 is 26.2. The molecule has 1 unspecified atom stereocenters. The maximum atomic E-state index is 11.8. The molecule has 1 aromatic rings. The molecule has 88 valence electrons. The molecule has 0 aromatic heterocycles. The van der Waals surface area contributed by atoms with E-state index in [1.807, 2.05) is 18.2 Å². The van der Waals surface area contributed by atoms with Crippen LogP contribution in [0.1, 0.15) is 37.3 Å². The van der Waals surface area contributed by atoms with Crippen LogP contribution in [0.15, 0.2) is 23.1 Å². The summed E-state index contributed by atoms with van der Waals surface area (Å²) in [6.45, 7) is 4.74. The molecule has 0 spiro atoms. The molecule has 0 amide bonds. The number of hydrogen-bond donors (Lipinski definition) is 1. The Morgan fingerprint density at radius 3 is 2.88 bits per heavy atom. The Morgan fingerprint density at radius 2 is 2.19 bits per heavy atom. The van der Waals surface area contributed by atoms with Crippen molar-refractivity contribution >= 4 is 10.0 Å². The maximum absolute atomic E-state index is 11.8. The van der Waals surface area contributed by atoms with Gasteiger partial charge in [0.1, 0.15) is 0 Å². The van der Waals surface area contributed by atoms with E-state index in [2.05, 4.69) is 18.6 Å². The second kappa shape index (κ2) is 4.18. The standard InChI is InChI=1S/C12H17NO2S/c1-3-9(2)11-5-4-10-6-7-13-16(14,15)12(10)8-11/h4-5,8-9,13H,3,6-7H2,1-2H3. The zero-order chi connectivity index (χ0) is 11.8. The van der Waals surface area contributed by atoms with E-state index in [9.17, 15) is 8.42 Å². The molecule has 3 nitrogen and oxygen atoms in total. The number of hydrogen-bond acceptors (Lipinski definition) is 2. The van der Waals surface area contributed by atoms with E-state index < -0.39 is 10.0 Å². The smallest absolute Gasteiger partial charge is 0.211 e. The van der Waals surface area contributed by atoms with E-state index in [1.165, 1.54) is 0 Å². The molecule has 0 bridgehead atoms. The molecule has 0 saturated carbocycles. The first-order valence-electron chi connectivity index (χ1n) is 5.67. The predicted molar refractivity (Wildman–Crippen MR) is 64.0 cm³/mol. The van der Waals surface area contributed by atoms with Crippen molar-refractivity contribution in [3.63, 3.8) is 0 Å². The van der Waals surface area contributed by atoms with Crippen molar-refractivity contribution in [2.24, 2.45) is 0 Å². The van der Waals surface area contributed by atoms with Crippen LogP contribution in [0, 0.1) is 0 Å². The first-order valence-corrected chi connectivity index (χ1v) is 7.15. The van der Waals surface area contributed by atoms with Crippen LogP contribution in [-0.2, 0) is 16.4 Å². The minimum Gasteiger partial charge on any atom is -0.211 e. The van der Waals surface area contributed by atoms with Crippen molar-refractivity contribution in [3.8, 4) is 0 Å². The number of fused-ring (bicyclic) bond motifs is 1. The van der Waals surface area contributed by atoms with E-state index in [0.717, 1.165) is 24.0 Å². The molecule has 1 atom stereocenters. The topological polar surface area (TPSA) is 46.2 Å². The van der Waals surface area contributed by atoms with Crippen molar-refractivity contribution in [1.29, 1.82) is 0 Å². The maximum Gasteiger partial charge on any atom is 0.240 e. The first kappa shape index (κ1) is 11.6. The van der Waals surface area contributed by atoms with Crippen molar-refractivity contribution in [2.75, 3.05) is 6.54 Å². The summed E-state index contributed by atoms with van der Waals surface area (Å²) in [5.74, 6) is 0.405. The van der Waals surface area contributed by atoms with Crippen LogP contribution in [-0.4, -0.2) is 15.0 Å². The van der Waals surface area contributed by atoms with E-state index in [0.29, 0.717) is 17.4 Å². The molecule has 16 heavy (non-hydrogen) atoms. The molecule has 1 aliphatic rings. The highest BCUT2D eigenvalue weighted by molar-refractivity contribution is 7.89. The summed E-state index contributed by atoms with van der Waals surface area (Å²) in [6, 6.07) is 5.83. The van der Waals surface area contributed by atoms with Crippen molar-refractivity contribution in [2.45, 2.75) is 37.5 Å². The third-order valence-electron chi connectivity index (χ3n) is 3.25. The summed E-state index contributed by atoms with van der Waals surface area (Å²) in [7, 11) is -3.26. The van der Waals surface area contributed by atoms with Gasteiger partial charge in [-0.25, -0.2) is 13.1 Å². The van der Waals surface area contributed by atoms with Gasteiger partial charge in [0.15, 0.2) is 0 Å². The molecule has 1 aliphatic heterocycles. The molecule has 0 saturated heterocycles. The fourth-order valence-corrected chi connectivity index (χ4v) is 3.30. The van der Waals surface area contributed by atoms with Gasteiger partial charge in [-0.1, -0.05) is 26.0 Å². The van der Waals surface area contributed by atoms with Gasteiger partial charge in [0.2, 0.25) is 10.0 Å². The lowest BCUT2D eigenvalue weighted by Crippen LogP contribution is -2.31. The van der Waals surface area contributed by atoms with Crippen LogP contribution >= 0.6 is 0 Å². The molecule has 1 aromatic carbocycles. The second-order valence-corrected chi connectivity index (χ2v) is 6.06. The van der Waals surface area contributed by atoms with Crippen molar-refractivity contribution in [1.82, 2.24) is 4.72 Å². The molecular weight excluding hydrogens is 222 g/mol. The highest BCUT2D eigenvalue weighted by Crippen LogP contribution is 2.26. The number of nitrogens with one attached hydrogen (secondary N) is 1. The molecule has 0 fully saturated rings. The third-order valence-corrected chi connectivity index (χ3v) is 4.79. The average Bonchev–Trinajstić information content (AvgIpc) is 2.27. The van der Waals surface area contributed by atoms with Crippen LogP contribution in [0.25, 0.3) is 0 Å². The third kappa shape index (κ3) is 1.99. The van der Waals surface area contributed by atoms with Gasteiger partial charge >= 0.3 is 0 Å². The Hall–Kier alpha value is -0.870. The van der Waals surface area contributed by atoms with Crippen molar-refractivity contribution < 1.29 is 8.42 Å². The fraction of sp³-hybridized carbons (Fsp3) is 0.500. The van der Waals surface area contributed by atoms with Gasteiger partial charge in [-0.15, -0.1) is 0 Å². The van der Waals surface area contributed by atoms with E-state index in [1.54, 1.807) is 0 Å². The predicted octanol–water partition coefficient (Wildman–Crippen LogP) is 2.03. The van der Waals surface area contributed by atoms with Crippen molar-refractivity contribution in [3.05, 3.63) is 29.3 Å². The second-order valence-electron chi connectivity index (χ2n) is 4.32. The van der Waals surface area contributed by atoms with Gasteiger partial charge in [-0.3, -0.25) is 0 Å². The average molecular weight is 239 g/mol. The van der Waals surface area contributed by atoms with Crippen LogP contribution in [0.4, 0.5) is 0 Å². The normalized spacial score (nSPS) is 20.1. The molecule has 0 aliphatic carbocycles. The molecule has 2 rings (SSSR count). The van der Waals surface area contributed by atoms with Crippen LogP contribution in [0.5, 0.6) is 0 Å².